The van der Waals surface area contributed by atoms with Crippen molar-refractivity contribution in [3.05, 3.63) is 113 Å². The van der Waals surface area contributed by atoms with E-state index in [9.17, 15) is 9.59 Å². The number of benzene rings is 3. The molecule has 626 valence electrons. The zero-order valence-corrected chi connectivity index (χ0v) is 78.8. The number of thiophene rings is 2. The Morgan fingerprint density at radius 1 is 0.386 bits per heavy atom. The number of fused-ring (bicyclic) bond motifs is 2. The van der Waals surface area contributed by atoms with E-state index in [0.29, 0.717) is 72.2 Å². The van der Waals surface area contributed by atoms with Crippen molar-refractivity contribution in [3.8, 4) is 34.0 Å². The smallest absolute Gasteiger partial charge is 0.494 e. The number of hydrogen-bond donors (Lipinski definition) is 0. The second-order valence-corrected chi connectivity index (χ2v) is 43.2. The lowest BCUT2D eigenvalue weighted by Crippen LogP contribution is -2.41. The van der Waals surface area contributed by atoms with E-state index >= 15 is 0 Å². The highest BCUT2D eigenvalue weighted by Gasteiger charge is 2.55. The molecule has 114 heavy (non-hydrogen) atoms. The van der Waals surface area contributed by atoms with Crippen LogP contribution in [-0.2, 0) is 28.2 Å². The number of aromatic nitrogens is 2. The molecular weight excluding hydrogens is 1580 g/mol. The van der Waals surface area contributed by atoms with Crippen molar-refractivity contribution in [3.63, 3.8) is 0 Å². The summed E-state index contributed by atoms with van der Waals surface area (Å²) in [6.45, 7) is 51.7. The Hall–Kier alpha value is -4.65. The minimum Gasteiger partial charge on any atom is -0.494 e. The molecule has 2 saturated heterocycles. The van der Waals surface area contributed by atoms with Crippen molar-refractivity contribution in [2.75, 3.05) is 26.3 Å². The van der Waals surface area contributed by atoms with Gasteiger partial charge in [0.2, 0.25) is 0 Å². The van der Waals surface area contributed by atoms with Crippen LogP contribution in [-0.4, -0.2) is 94.5 Å². The number of ether oxygens (including phenoxy) is 2. The SMILES string of the molecule is CC(C)CCCC(C)CCCC(C)CCN1C(=O)C2=C(c3ccc(Br)s3)N(CCC(C)CCCC(C)CCCC(C)C)C(=O)C2=C1c1ccc(Br)s1.CC(C)CCCC(C)CCOc1cccc(-c2nc3c(B4OC(C)(C)C(C)(C)O4)ccc(B4OC(C)(C)C(C)(C)O4)c3nc2-c2cccc(OCCC(C)CCCC(C)C)c2)c1. The van der Waals surface area contributed by atoms with Gasteiger partial charge in [0.25, 0.3) is 11.8 Å². The van der Waals surface area contributed by atoms with Crippen molar-refractivity contribution >= 4 is 114 Å². The lowest BCUT2D eigenvalue weighted by atomic mass is 9.72. The summed E-state index contributed by atoms with van der Waals surface area (Å²) in [4.78, 5) is 46.2. The van der Waals surface area contributed by atoms with Crippen molar-refractivity contribution < 1.29 is 37.7 Å². The first kappa shape index (κ1) is 93.2. The monoisotopic (exact) mass is 1720 g/mol. The van der Waals surface area contributed by atoms with Gasteiger partial charge in [0.15, 0.2) is 0 Å². The fourth-order valence-electron chi connectivity index (χ4n) is 16.0. The molecule has 2 amide bonds. The molecular formula is C96H142B2Br2N4O8S2. The van der Waals surface area contributed by atoms with Gasteiger partial charge in [0, 0.05) is 35.1 Å². The summed E-state index contributed by atoms with van der Waals surface area (Å²) in [5, 5.41) is 0. The number of halogens is 2. The molecule has 7 heterocycles. The highest BCUT2D eigenvalue weighted by molar-refractivity contribution is 9.11. The van der Waals surface area contributed by atoms with Crippen LogP contribution < -0.4 is 20.4 Å². The molecule has 10 rings (SSSR count). The number of hydrogen-bond acceptors (Lipinski definition) is 12. The zero-order valence-electron chi connectivity index (χ0n) is 74.0. The molecule has 6 atom stereocenters. The molecule has 0 saturated carbocycles. The quantitative estimate of drug-likeness (QED) is 0.0342. The van der Waals surface area contributed by atoms with E-state index in [0.717, 1.165) is 135 Å². The molecule has 0 aliphatic carbocycles. The van der Waals surface area contributed by atoms with E-state index in [-0.39, 0.29) is 11.8 Å². The molecule has 0 N–H and O–H groups in total. The van der Waals surface area contributed by atoms with Crippen LogP contribution in [0.3, 0.4) is 0 Å². The lowest BCUT2D eigenvalue weighted by Gasteiger charge is -2.32. The molecule has 0 spiro atoms. The van der Waals surface area contributed by atoms with Crippen LogP contribution in [0.4, 0.5) is 0 Å². The molecule has 6 unspecified atom stereocenters. The van der Waals surface area contributed by atoms with E-state index in [4.69, 9.17) is 38.1 Å². The highest BCUT2D eigenvalue weighted by atomic mass is 79.9. The summed E-state index contributed by atoms with van der Waals surface area (Å²) >= 11 is 10.5. The van der Waals surface area contributed by atoms with Gasteiger partial charge in [-0.05, 0) is 221 Å². The fraction of sp³-hybridized carbons (Fsp3) is 0.646. The van der Waals surface area contributed by atoms with Crippen molar-refractivity contribution in [1.82, 2.24) is 19.8 Å². The third kappa shape index (κ3) is 25.5. The molecule has 12 nitrogen and oxygen atoms in total. The molecule has 6 aromatic rings. The second kappa shape index (κ2) is 42.5. The summed E-state index contributed by atoms with van der Waals surface area (Å²) in [6, 6.07) is 28.8. The average molecular weight is 1730 g/mol. The average Bonchev–Trinajstić information content (AvgIpc) is 1.55. The number of carbonyl (C=O) groups excluding carboxylic acids is 2. The van der Waals surface area contributed by atoms with Crippen LogP contribution in [0.15, 0.2) is 104 Å². The second-order valence-electron chi connectivity index (χ2n) is 38.3. The van der Waals surface area contributed by atoms with E-state index < -0.39 is 36.6 Å². The Balaban J connectivity index is 0.000000265. The maximum atomic E-state index is 14.6. The molecule has 18 heteroatoms. The van der Waals surface area contributed by atoms with E-state index in [1.807, 2.05) is 58.3 Å². The molecule has 3 aromatic carbocycles. The van der Waals surface area contributed by atoms with Crippen LogP contribution in [0.25, 0.3) is 44.9 Å². The predicted molar refractivity (Wildman–Crippen MR) is 490 cm³/mol. The Kier molecular flexibility index (Phi) is 34.8. The molecule has 4 aliphatic rings. The van der Waals surface area contributed by atoms with Crippen molar-refractivity contribution in [2.45, 2.75) is 316 Å². The van der Waals surface area contributed by atoms with Crippen LogP contribution in [0.2, 0.25) is 0 Å². The number of nitrogens with zero attached hydrogens (tertiary/aromatic N) is 4. The van der Waals surface area contributed by atoms with Crippen molar-refractivity contribution in [2.24, 2.45) is 59.2 Å². The zero-order chi connectivity index (χ0) is 83.0. The van der Waals surface area contributed by atoms with E-state index in [1.54, 1.807) is 22.7 Å². The van der Waals surface area contributed by atoms with Gasteiger partial charge in [-0.15, -0.1) is 22.7 Å². The number of carbonyl (C=O) groups is 2. The van der Waals surface area contributed by atoms with Gasteiger partial charge in [0.1, 0.15) is 11.5 Å². The maximum absolute atomic E-state index is 14.6. The molecule has 0 radical (unpaired) electrons. The summed E-state index contributed by atoms with van der Waals surface area (Å²) < 4.78 is 41.6. The van der Waals surface area contributed by atoms with Gasteiger partial charge in [0.05, 0.1) is 97.9 Å². The highest BCUT2D eigenvalue weighted by Crippen LogP contribution is 2.50. The maximum Gasteiger partial charge on any atom is 0.497 e. The fourth-order valence-corrected chi connectivity index (χ4v) is 18.9. The largest absolute Gasteiger partial charge is 0.497 e. The van der Waals surface area contributed by atoms with Crippen LogP contribution >= 0.6 is 54.5 Å². The predicted octanol–water partition coefficient (Wildman–Crippen LogP) is 26.5. The number of amides is 2. The van der Waals surface area contributed by atoms with Gasteiger partial charge in [-0.3, -0.25) is 9.59 Å². The van der Waals surface area contributed by atoms with Crippen LogP contribution in [0, 0.1) is 59.2 Å². The molecule has 2 fully saturated rings. The topological polar surface area (TPSA) is 122 Å². The Morgan fingerprint density at radius 3 is 0.965 bits per heavy atom. The third-order valence-electron chi connectivity index (χ3n) is 25.1. The lowest BCUT2D eigenvalue weighted by molar-refractivity contribution is -0.124. The Bertz CT molecular complexity index is 3870. The van der Waals surface area contributed by atoms with Gasteiger partial charge in [-0.25, -0.2) is 9.97 Å². The minimum absolute atomic E-state index is 0.0182. The third-order valence-corrected chi connectivity index (χ3v) is 28.3. The van der Waals surface area contributed by atoms with Gasteiger partial charge < -0.3 is 37.9 Å². The van der Waals surface area contributed by atoms with Crippen LogP contribution in [0.5, 0.6) is 11.5 Å². The normalized spacial score (nSPS) is 18.2. The first-order chi connectivity index (χ1) is 53.9. The van der Waals surface area contributed by atoms with Crippen LogP contribution in [0.1, 0.15) is 303 Å². The Morgan fingerprint density at radius 2 is 0.675 bits per heavy atom. The molecule has 3 aromatic heterocycles. The van der Waals surface area contributed by atoms with Gasteiger partial charge in [-0.1, -0.05) is 249 Å². The minimum atomic E-state index is -0.662. The molecule has 4 aliphatic heterocycles. The first-order valence-corrected chi connectivity index (χ1v) is 47.3. The summed E-state index contributed by atoms with van der Waals surface area (Å²) in [5.74, 6) is 8.39. The van der Waals surface area contributed by atoms with Gasteiger partial charge >= 0.3 is 14.2 Å². The standard InChI is InChI=1S/C52H76B2N2O6.C44H66Br2N2O2S2/c1-35(2)19-15-21-37(5)29-31-57-41-25-17-23-39(33-41)45-46(40-24-18-26-42(34-40)58-32-30-38(6)22-16-20-36(3)4)56-48-44(54-61-51(11,12)52(13,14)62-54)28-27-43(47(48)55-45)53-59-49(7,8)50(9,10)60-53;1-29(2)13-9-15-31(5)17-11-19-33(7)25-27-47-41(35-21-23-37(45)51-35)39-40(43(47)49)42(36-22-24-38(46)52-36)48(44(39)50)28-26-34(8)20-12-18-32(6)16-10-14-30(3)4/h17-18,23-28,33-38H,15-16,19-22,29-32H2,1-14H3;21-24,29-34H,9-20,25-28H2,1-8H3. The van der Waals surface area contributed by atoms with E-state index in [1.165, 1.54) is 116 Å². The summed E-state index contributed by atoms with van der Waals surface area (Å²) in [7, 11) is -1.32. The van der Waals surface area contributed by atoms with Crippen molar-refractivity contribution in [1.29, 1.82) is 0 Å². The summed E-state index contributed by atoms with van der Waals surface area (Å²) in [5.41, 5.74) is 6.84. The van der Waals surface area contributed by atoms with Gasteiger partial charge in [-0.2, -0.15) is 0 Å². The first-order valence-electron chi connectivity index (χ1n) is 44.1. The Labute approximate surface area is 715 Å². The van der Waals surface area contributed by atoms with E-state index in [2.05, 4.69) is 221 Å². The summed E-state index contributed by atoms with van der Waals surface area (Å²) in [6.07, 6.45) is 26.7. The molecule has 0 bridgehead atoms. The number of rotatable bonds is 44.